The van der Waals surface area contributed by atoms with Crippen molar-refractivity contribution in [2.75, 3.05) is 68.8 Å². The Morgan fingerprint density at radius 2 is 1.68 bits per heavy atom. The maximum Gasteiger partial charge on any atom is 0.264 e. The fourth-order valence-corrected chi connectivity index (χ4v) is 12.8. The van der Waals surface area contributed by atoms with Gasteiger partial charge in [-0.15, -0.1) is 0 Å². The van der Waals surface area contributed by atoms with Crippen molar-refractivity contribution in [3.8, 4) is 11.1 Å². The number of likely N-dealkylation sites (tertiary alicyclic amines) is 1. The largest absolute Gasteiger partial charge is 0.381 e. The summed E-state index contributed by atoms with van der Waals surface area (Å²) in [5, 5.41) is 7.63. The molecule has 12 rings (SSSR count). The molecule has 378 valence electrons. The standard InChI is InChI=1S/C54H61F3N10O5/c1-33(68)63-19-10-45-44(31-63)51(60-67(45)37-11-23-72-24-12-37)65-16-2-3-35-26-40(42(50(55)56)27-47(35)65)41-28-48-58-15-22-64(48)30-43(41)34-8-17-61(18-9-34)32-54(57)13-20-62(21-14-54)38-4-5-39-36(25-38)29-66(53(39)71)46-6-7-49(69)59-52(46)70/h4-5,15,22,25-28,30,34,37,46,50H,2-3,6-14,16-21,23-24,29,31-32H2,1H3,(H,59,69,70). The molecule has 2 aromatic carbocycles. The molecule has 0 saturated carbocycles. The average molecular weight is 987 g/mol. The average Bonchev–Trinajstić information content (AvgIpc) is 4.11. The number of nitrogens with one attached hydrogen (secondary N) is 1. The van der Waals surface area contributed by atoms with E-state index in [9.17, 15) is 19.2 Å². The Balaban J connectivity index is 0.757. The summed E-state index contributed by atoms with van der Waals surface area (Å²) in [7, 11) is 0. The predicted molar refractivity (Wildman–Crippen MR) is 263 cm³/mol. The Labute approximate surface area is 416 Å². The number of piperidine rings is 3. The van der Waals surface area contributed by atoms with Gasteiger partial charge in [0.05, 0.1) is 12.6 Å². The smallest absolute Gasteiger partial charge is 0.264 e. The number of halogens is 3. The molecule has 0 radical (unpaired) electrons. The van der Waals surface area contributed by atoms with Crippen LogP contribution in [0.4, 0.5) is 30.4 Å². The lowest BCUT2D eigenvalue weighted by molar-refractivity contribution is -0.137. The highest BCUT2D eigenvalue weighted by molar-refractivity contribution is 6.05. The third kappa shape index (κ3) is 8.50. The lowest BCUT2D eigenvalue weighted by atomic mass is 9.83. The molecular formula is C54H61F3N10O5. The van der Waals surface area contributed by atoms with Crippen LogP contribution in [0.2, 0.25) is 0 Å². The number of rotatable bonds is 9. The first kappa shape index (κ1) is 46.8. The number of hydrogen-bond acceptors (Lipinski definition) is 10. The number of anilines is 3. The van der Waals surface area contributed by atoms with Gasteiger partial charge >= 0.3 is 0 Å². The molecule has 4 amide bonds. The van der Waals surface area contributed by atoms with Crippen LogP contribution in [-0.4, -0.2) is 128 Å². The van der Waals surface area contributed by atoms with Crippen LogP contribution in [0, 0.1) is 0 Å². The molecule has 1 N–H and O–H groups in total. The Hall–Kier alpha value is -6.27. The highest BCUT2D eigenvalue weighted by Gasteiger charge is 2.42. The summed E-state index contributed by atoms with van der Waals surface area (Å²) in [6.45, 7) is 7.61. The summed E-state index contributed by atoms with van der Waals surface area (Å²) < 4.78 is 58.0. The Bertz CT molecular complexity index is 2970. The number of carbonyl (C=O) groups is 4. The molecule has 1 unspecified atom stereocenters. The third-order valence-corrected chi connectivity index (χ3v) is 16.8. The van der Waals surface area contributed by atoms with E-state index in [-0.39, 0.29) is 41.7 Å². The SMILES string of the molecule is CC(=O)N1CCc2c(c(N3CCCc4cc(-c5cc6nccn6cc5C5CCN(CC6(F)CCN(c7ccc8c(c7)CN(C7CCC(=O)NC7=O)C8=O)CC6)CC5)c(C(F)F)cc43)nn2C2CCOCC2)C1. The summed E-state index contributed by atoms with van der Waals surface area (Å²) in [5.41, 5.74) is 7.68. The lowest BCUT2D eigenvalue weighted by Gasteiger charge is -2.42. The third-order valence-electron chi connectivity index (χ3n) is 16.8. The van der Waals surface area contributed by atoms with Crippen molar-refractivity contribution in [3.63, 3.8) is 0 Å². The van der Waals surface area contributed by atoms with Crippen LogP contribution in [0.1, 0.15) is 127 Å². The van der Waals surface area contributed by atoms with E-state index in [4.69, 9.17) is 9.84 Å². The van der Waals surface area contributed by atoms with Crippen LogP contribution in [-0.2, 0) is 45.1 Å². The highest BCUT2D eigenvalue weighted by atomic mass is 19.3. The molecule has 1 atom stereocenters. The van der Waals surface area contributed by atoms with Gasteiger partial charge in [0, 0.05) is 137 Å². The molecule has 7 aliphatic rings. The molecule has 10 heterocycles. The van der Waals surface area contributed by atoms with Gasteiger partial charge in [0.2, 0.25) is 17.7 Å². The van der Waals surface area contributed by atoms with Gasteiger partial charge < -0.3 is 33.6 Å². The van der Waals surface area contributed by atoms with Crippen LogP contribution in [0.25, 0.3) is 16.8 Å². The van der Waals surface area contributed by atoms with E-state index < -0.39 is 24.0 Å². The molecular weight excluding hydrogens is 926 g/mol. The molecule has 0 aliphatic carbocycles. The molecule has 3 aromatic heterocycles. The molecule has 0 spiro atoms. The second-order valence-electron chi connectivity index (χ2n) is 21.1. The van der Waals surface area contributed by atoms with E-state index in [1.165, 1.54) is 0 Å². The lowest BCUT2D eigenvalue weighted by Crippen LogP contribution is -2.52. The number of nitrogens with zero attached hydrogens (tertiary/aromatic N) is 9. The van der Waals surface area contributed by atoms with Gasteiger partial charge in [0.1, 0.15) is 17.4 Å². The van der Waals surface area contributed by atoms with Gasteiger partial charge in [-0.3, -0.25) is 29.2 Å². The first-order valence-corrected chi connectivity index (χ1v) is 25.9. The van der Waals surface area contributed by atoms with Crippen molar-refractivity contribution >= 4 is 46.5 Å². The molecule has 0 bridgehead atoms. The second-order valence-corrected chi connectivity index (χ2v) is 21.1. The molecule has 18 heteroatoms. The molecule has 7 aliphatic heterocycles. The number of imidazole rings is 1. The zero-order chi connectivity index (χ0) is 49.4. The minimum Gasteiger partial charge on any atom is -0.381 e. The normalized spacial score (nSPS) is 22.2. The molecule has 5 aromatic rings. The number of fused-ring (bicyclic) bond motifs is 4. The van der Waals surface area contributed by atoms with Crippen LogP contribution in [0.15, 0.2) is 55.0 Å². The van der Waals surface area contributed by atoms with E-state index in [1.807, 2.05) is 39.8 Å². The van der Waals surface area contributed by atoms with Crippen molar-refractivity contribution in [2.45, 2.75) is 121 Å². The number of aryl methyl sites for hydroxylation is 1. The maximum absolute atomic E-state index is 16.8. The molecule has 72 heavy (non-hydrogen) atoms. The minimum atomic E-state index is -2.75. The first-order chi connectivity index (χ1) is 34.9. The summed E-state index contributed by atoms with van der Waals surface area (Å²) >= 11 is 0. The summed E-state index contributed by atoms with van der Waals surface area (Å²) in [6, 6.07) is 10.8. The number of aromatic nitrogens is 4. The number of alkyl halides is 3. The quantitative estimate of drug-likeness (QED) is 0.148. The number of imide groups is 1. The van der Waals surface area contributed by atoms with Gasteiger partial charge in [-0.25, -0.2) is 18.2 Å². The number of benzene rings is 2. The van der Waals surface area contributed by atoms with Crippen LogP contribution in [0.3, 0.4) is 0 Å². The van der Waals surface area contributed by atoms with Crippen LogP contribution < -0.4 is 15.1 Å². The number of amides is 4. The van der Waals surface area contributed by atoms with Gasteiger partial charge in [-0.05, 0) is 128 Å². The van der Waals surface area contributed by atoms with E-state index in [1.54, 1.807) is 30.2 Å². The number of carbonyl (C=O) groups excluding carboxylic acids is 4. The van der Waals surface area contributed by atoms with Gasteiger partial charge in [0.15, 0.2) is 5.82 Å². The molecule has 15 nitrogen and oxygen atoms in total. The summed E-state index contributed by atoms with van der Waals surface area (Å²) in [5.74, 6) is -0.162. The van der Waals surface area contributed by atoms with Crippen LogP contribution in [0.5, 0.6) is 0 Å². The van der Waals surface area contributed by atoms with Crippen molar-refractivity contribution in [1.29, 1.82) is 0 Å². The summed E-state index contributed by atoms with van der Waals surface area (Å²) in [4.78, 5) is 64.8. The van der Waals surface area contributed by atoms with Crippen molar-refractivity contribution in [3.05, 3.63) is 94.1 Å². The number of pyridine rings is 1. The second kappa shape index (κ2) is 18.6. The van der Waals surface area contributed by atoms with Crippen molar-refractivity contribution in [2.24, 2.45) is 0 Å². The van der Waals surface area contributed by atoms with E-state index in [2.05, 4.69) is 35.9 Å². The van der Waals surface area contributed by atoms with Gasteiger partial charge in [-0.2, -0.15) is 5.10 Å². The maximum atomic E-state index is 16.8. The van der Waals surface area contributed by atoms with E-state index in [0.717, 1.165) is 89.2 Å². The predicted octanol–water partition coefficient (Wildman–Crippen LogP) is 7.42. The highest BCUT2D eigenvalue weighted by Crippen LogP contribution is 2.47. The van der Waals surface area contributed by atoms with E-state index in [0.29, 0.717) is 115 Å². The van der Waals surface area contributed by atoms with Crippen LogP contribution >= 0.6 is 0 Å². The topological polar surface area (TPSA) is 141 Å². The fourth-order valence-electron chi connectivity index (χ4n) is 12.8. The fraction of sp³-hybridized carbons (Fsp3) is 0.519. The number of hydrogen-bond donors (Lipinski definition) is 1. The Morgan fingerprint density at radius 1 is 0.875 bits per heavy atom. The van der Waals surface area contributed by atoms with Gasteiger partial charge in [-0.1, -0.05) is 0 Å². The zero-order valence-electron chi connectivity index (χ0n) is 40.8. The first-order valence-electron chi connectivity index (χ1n) is 25.9. The number of ether oxygens (including phenoxy) is 1. The monoisotopic (exact) mass is 986 g/mol. The minimum absolute atomic E-state index is 0.00577. The molecule has 4 fully saturated rings. The molecule has 4 saturated heterocycles. The van der Waals surface area contributed by atoms with Gasteiger partial charge in [0.25, 0.3) is 12.3 Å². The Kier molecular flexibility index (Phi) is 12.1. The van der Waals surface area contributed by atoms with Crippen molar-refractivity contribution in [1.82, 2.24) is 39.2 Å². The van der Waals surface area contributed by atoms with E-state index >= 15 is 13.2 Å². The van der Waals surface area contributed by atoms with Crippen molar-refractivity contribution < 1.29 is 37.1 Å². The summed E-state index contributed by atoms with van der Waals surface area (Å²) in [6.07, 6.45) is 9.56. The Morgan fingerprint density at radius 3 is 2.44 bits per heavy atom. The zero-order valence-corrected chi connectivity index (χ0v) is 40.8.